The zero-order valence-corrected chi connectivity index (χ0v) is 10.0. The summed E-state index contributed by atoms with van der Waals surface area (Å²) in [6, 6.07) is 0. The van der Waals surface area contributed by atoms with Gasteiger partial charge in [0, 0.05) is 12.7 Å². The van der Waals surface area contributed by atoms with Gasteiger partial charge >= 0.3 is 12.5 Å². The number of hydrogen-bond donors (Lipinski definition) is 1. The van der Waals surface area contributed by atoms with Crippen LogP contribution in [0.4, 0.5) is 26.3 Å². The zero-order chi connectivity index (χ0) is 15.7. The SMILES string of the molecule is NCc1c(C(=O)Cl)cnc(OC(F)(F)F)c1C(F)(F)F. The molecule has 2 N–H and O–H groups in total. The minimum atomic E-state index is -5.38. The van der Waals surface area contributed by atoms with Gasteiger partial charge in [0.15, 0.2) is 0 Å². The number of halogens is 7. The molecule has 0 aliphatic rings. The van der Waals surface area contributed by atoms with Crippen molar-refractivity contribution in [1.82, 2.24) is 4.98 Å². The van der Waals surface area contributed by atoms with Crippen LogP contribution in [0.25, 0.3) is 0 Å². The Morgan fingerprint density at radius 1 is 1.30 bits per heavy atom. The highest BCUT2D eigenvalue weighted by Gasteiger charge is 2.43. The summed E-state index contributed by atoms with van der Waals surface area (Å²) in [6.45, 7) is -0.876. The summed E-state index contributed by atoms with van der Waals surface area (Å²) in [7, 11) is 0. The Morgan fingerprint density at radius 3 is 2.20 bits per heavy atom. The van der Waals surface area contributed by atoms with Gasteiger partial charge in [-0.05, 0) is 17.2 Å². The smallest absolute Gasteiger partial charge is 0.387 e. The van der Waals surface area contributed by atoms with E-state index in [9.17, 15) is 31.1 Å². The van der Waals surface area contributed by atoms with Crippen molar-refractivity contribution >= 4 is 16.8 Å². The second kappa shape index (κ2) is 5.44. The first-order chi connectivity index (χ1) is 8.97. The first-order valence-electron chi connectivity index (χ1n) is 4.72. The zero-order valence-electron chi connectivity index (χ0n) is 9.27. The lowest BCUT2D eigenvalue weighted by Gasteiger charge is -2.18. The van der Waals surface area contributed by atoms with Crippen LogP contribution in [0.1, 0.15) is 21.5 Å². The Morgan fingerprint density at radius 2 is 1.85 bits per heavy atom. The van der Waals surface area contributed by atoms with Gasteiger partial charge in [-0.15, -0.1) is 13.2 Å². The molecule has 1 aromatic rings. The molecule has 0 atom stereocenters. The maximum absolute atomic E-state index is 12.8. The van der Waals surface area contributed by atoms with Crippen molar-refractivity contribution in [2.75, 3.05) is 0 Å². The fourth-order valence-electron chi connectivity index (χ4n) is 1.39. The normalized spacial score (nSPS) is 12.4. The molecule has 1 rings (SSSR count). The van der Waals surface area contributed by atoms with Gasteiger partial charge in [-0.25, -0.2) is 4.98 Å². The lowest BCUT2D eigenvalue weighted by molar-refractivity contribution is -0.277. The molecule has 0 saturated carbocycles. The minimum Gasteiger partial charge on any atom is -0.387 e. The number of carbonyl (C=O) groups is 1. The van der Waals surface area contributed by atoms with Gasteiger partial charge in [-0.1, -0.05) is 0 Å². The molecule has 20 heavy (non-hydrogen) atoms. The van der Waals surface area contributed by atoms with E-state index >= 15 is 0 Å². The molecule has 0 aromatic carbocycles. The first kappa shape index (κ1) is 16.5. The third-order valence-electron chi connectivity index (χ3n) is 2.06. The highest BCUT2D eigenvalue weighted by molar-refractivity contribution is 6.67. The van der Waals surface area contributed by atoms with Crippen LogP contribution in [0, 0.1) is 0 Å². The Kier molecular flexibility index (Phi) is 4.49. The highest BCUT2D eigenvalue weighted by Crippen LogP contribution is 2.40. The summed E-state index contributed by atoms with van der Waals surface area (Å²) in [5, 5.41) is -1.33. The molecule has 0 aliphatic heterocycles. The van der Waals surface area contributed by atoms with E-state index in [1.807, 2.05) is 0 Å². The van der Waals surface area contributed by atoms with E-state index in [-0.39, 0.29) is 0 Å². The molecule has 4 nitrogen and oxygen atoms in total. The molecule has 11 heteroatoms. The summed E-state index contributed by atoms with van der Waals surface area (Å²) in [5.74, 6) is -1.74. The van der Waals surface area contributed by atoms with Crippen LogP contribution in [0.3, 0.4) is 0 Å². The summed E-state index contributed by atoms with van der Waals surface area (Å²) < 4.78 is 77.8. The van der Waals surface area contributed by atoms with Gasteiger partial charge < -0.3 is 10.5 Å². The molecule has 0 spiro atoms. The van der Waals surface area contributed by atoms with Crippen LogP contribution in [0.5, 0.6) is 5.88 Å². The number of rotatable bonds is 3. The molecular formula is C9H5ClF6N2O2. The molecule has 0 aliphatic carbocycles. The minimum absolute atomic E-state index is 0.438. The van der Waals surface area contributed by atoms with Crippen molar-refractivity contribution in [3.05, 3.63) is 22.9 Å². The number of hydrogen-bond acceptors (Lipinski definition) is 4. The van der Waals surface area contributed by atoms with E-state index in [0.29, 0.717) is 6.20 Å². The largest absolute Gasteiger partial charge is 0.574 e. The number of pyridine rings is 1. The molecule has 0 fully saturated rings. The maximum Gasteiger partial charge on any atom is 0.574 e. The number of aromatic nitrogens is 1. The van der Waals surface area contributed by atoms with Crippen molar-refractivity contribution in [2.45, 2.75) is 19.1 Å². The van der Waals surface area contributed by atoms with Crippen molar-refractivity contribution in [1.29, 1.82) is 0 Å². The Balaban J connectivity index is 3.59. The van der Waals surface area contributed by atoms with Crippen molar-refractivity contribution in [3.63, 3.8) is 0 Å². The molecule has 0 radical (unpaired) electrons. The molecule has 0 saturated heterocycles. The van der Waals surface area contributed by atoms with Gasteiger partial charge in [-0.2, -0.15) is 13.2 Å². The van der Waals surface area contributed by atoms with Crippen LogP contribution in [0.2, 0.25) is 0 Å². The van der Waals surface area contributed by atoms with Gasteiger partial charge in [0.1, 0.15) is 5.56 Å². The average molecular weight is 323 g/mol. The van der Waals surface area contributed by atoms with Crippen LogP contribution in [-0.4, -0.2) is 16.6 Å². The molecule has 1 aromatic heterocycles. The topological polar surface area (TPSA) is 65.2 Å². The second-order valence-corrected chi connectivity index (χ2v) is 3.70. The number of nitrogens with zero attached hydrogens (tertiary/aromatic N) is 1. The Hall–Kier alpha value is -1.55. The molecule has 112 valence electrons. The van der Waals surface area contributed by atoms with Gasteiger partial charge in [0.2, 0.25) is 5.88 Å². The lowest BCUT2D eigenvalue weighted by atomic mass is 10.0. The summed E-state index contributed by atoms with van der Waals surface area (Å²) in [5.41, 5.74) is 1.49. The summed E-state index contributed by atoms with van der Waals surface area (Å²) >= 11 is 5.03. The molecule has 0 amide bonds. The van der Waals surface area contributed by atoms with Gasteiger partial charge in [0.05, 0.1) is 5.56 Å². The number of alkyl halides is 6. The average Bonchev–Trinajstić information content (AvgIpc) is 2.23. The monoisotopic (exact) mass is 322 g/mol. The van der Waals surface area contributed by atoms with Crippen LogP contribution in [-0.2, 0) is 12.7 Å². The van der Waals surface area contributed by atoms with Gasteiger partial charge in [-0.3, -0.25) is 4.79 Å². The maximum atomic E-state index is 12.8. The fraction of sp³-hybridized carbons (Fsp3) is 0.333. The summed E-state index contributed by atoms with van der Waals surface area (Å²) in [6.07, 6.45) is -10.2. The highest BCUT2D eigenvalue weighted by atomic mass is 35.5. The van der Waals surface area contributed by atoms with Crippen molar-refractivity contribution in [2.24, 2.45) is 5.73 Å². The molecule has 0 unspecified atom stereocenters. The predicted octanol–water partition coefficient (Wildman–Crippen LogP) is 2.84. The Bertz CT molecular complexity index is 528. The van der Waals surface area contributed by atoms with Gasteiger partial charge in [0.25, 0.3) is 5.24 Å². The third-order valence-corrected chi connectivity index (χ3v) is 2.27. The molecular weight excluding hydrogens is 318 g/mol. The van der Waals surface area contributed by atoms with Crippen LogP contribution in [0.15, 0.2) is 6.20 Å². The van der Waals surface area contributed by atoms with Crippen molar-refractivity contribution in [3.8, 4) is 5.88 Å². The lowest BCUT2D eigenvalue weighted by Crippen LogP contribution is -2.24. The quantitative estimate of drug-likeness (QED) is 0.686. The van der Waals surface area contributed by atoms with E-state index in [4.69, 9.17) is 17.3 Å². The number of nitrogens with two attached hydrogens (primary N) is 1. The van der Waals surface area contributed by atoms with Crippen LogP contribution >= 0.6 is 11.6 Å². The fourth-order valence-corrected chi connectivity index (χ4v) is 1.55. The predicted molar refractivity (Wildman–Crippen MR) is 54.0 cm³/mol. The van der Waals surface area contributed by atoms with E-state index in [2.05, 4.69) is 9.72 Å². The standard InChI is InChI=1S/C9H5ClF6N2O2/c10-6(19)4-2-18-7(20-9(14,15)16)5(3(4)1-17)8(11,12)13/h2H,1,17H2. The third kappa shape index (κ3) is 3.73. The Labute approximate surface area is 112 Å². The number of ether oxygens (including phenoxy) is 1. The van der Waals surface area contributed by atoms with Crippen molar-refractivity contribution < 1.29 is 35.9 Å². The van der Waals surface area contributed by atoms with Crippen LogP contribution < -0.4 is 10.5 Å². The van der Waals surface area contributed by atoms with E-state index < -0.39 is 46.9 Å². The second-order valence-electron chi connectivity index (χ2n) is 3.35. The van der Waals surface area contributed by atoms with E-state index in [0.717, 1.165) is 0 Å². The van der Waals surface area contributed by atoms with E-state index in [1.54, 1.807) is 0 Å². The summed E-state index contributed by atoms with van der Waals surface area (Å²) in [4.78, 5) is 13.8. The number of carbonyl (C=O) groups excluding carboxylic acids is 1. The first-order valence-corrected chi connectivity index (χ1v) is 5.10. The van der Waals surface area contributed by atoms with E-state index in [1.165, 1.54) is 0 Å². The molecule has 1 heterocycles. The molecule has 0 bridgehead atoms.